The van der Waals surface area contributed by atoms with Crippen molar-refractivity contribution in [1.82, 2.24) is 4.90 Å². The fourth-order valence-corrected chi connectivity index (χ4v) is 3.32. The highest BCUT2D eigenvalue weighted by Gasteiger charge is 2.46. The number of likely N-dealkylation sites (tertiary alicyclic amines) is 1. The summed E-state index contributed by atoms with van der Waals surface area (Å²) in [5.74, 6) is -3.43. The minimum atomic E-state index is -1.15. The van der Waals surface area contributed by atoms with Crippen molar-refractivity contribution in [3.63, 3.8) is 0 Å². The highest BCUT2D eigenvalue weighted by atomic mass is 16.6. The van der Waals surface area contributed by atoms with Crippen LogP contribution >= 0.6 is 0 Å². The van der Waals surface area contributed by atoms with Crippen LogP contribution in [-0.2, 0) is 14.4 Å². The molecule has 30 heavy (non-hydrogen) atoms. The molecule has 1 atom stereocenters. The summed E-state index contributed by atoms with van der Waals surface area (Å²) in [4.78, 5) is 47.8. The molecular weight excluding hydrogens is 392 g/mol. The van der Waals surface area contributed by atoms with Gasteiger partial charge in [0.2, 0.25) is 0 Å². The van der Waals surface area contributed by atoms with Crippen LogP contribution in [0.2, 0.25) is 0 Å². The summed E-state index contributed by atoms with van der Waals surface area (Å²) in [6, 6.07) is 10.8. The van der Waals surface area contributed by atoms with Crippen LogP contribution in [0.5, 0.6) is 0 Å². The first-order valence-corrected chi connectivity index (χ1v) is 9.02. The number of nitro benzene ring substituents is 1. The van der Waals surface area contributed by atoms with Gasteiger partial charge in [0, 0.05) is 24.2 Å². The van der Waals surface area contributed by atoms with Crippen molar-refractivity contribution in [2.45, 2.75) is 19.4 Å². The molecule has 3 rings (SSSR count). The van der Waals surface area contributed by atoms with Gasteiger partial charge in [0.15, 0.2) is 0 Å². The van der Waals surface area contributed by atoms with Crippen molar-refractivity contribution < 1.29 is 29.5 Å². The number of carboxylic acid groups (broad SMARTS) is 1. The molecule has 0 saturated carbocycles. The number of amides is 1. The van der Waals surface area contributed by atoms with Crippen molar-refractivity contribution >= 4 is 29.1 Å². The van der Waals surface area contributed by atoms with E-state index in [-0.39, 0.29) is 17.8 Å². The SMILES string of the molecule is Cc1ccc(/C(O)=C2/C(=O)C(=O)N(CCC(=O)O)C2c2ccc([N+](=O)[O-])cc2)cc1. The van der Waals surface area contributed by atoms with E-state index in [4.69, 9.17) is 5.11 Å². The Bertz CT molecular complexity index is 1060. The number of carbonyl (C=O) groups is 3. The zero-order valence-electron chi connectivity index (χ0n) is 15.9. The number of ketones is 1. The third-order valence-corrected chi connectivity index (χ3v) is 4.85. The number of hydrogen-bond donors (Lipinski definition) is 2. The number of nitrogens with zero attached hydrogens (tertiary/aromatic N) is 2. The first-order valence-electron chi connectivity index (χ1n) is 9.02. The molecule has 2 N–H and O–H groups in total. The number of aliphatic hydroxyl groups is 1. The molecule has 1 aliphatic heterocycles. The molecule has 1 fully saturated rings. The number of non-ortho nitro benzene ring substituents is 1. The lowest BCUT2D eigenvalue weighted by molar-refractivity contribution is -0.384. The number of carbonyl (C=O) groups excluding carboxylic acids is 2. The van der Waals surface area contributed by atoms with Gasteiger partial charge >= 0.3 is 5.97 Å². The minimum Gasteiger partial charge on any atom is -0.507 e. The van der Waals surface area contributed by atoms with Crippen LogP contribution in [0.3, 0.4) is 0 Å². The number of carboxylic acids is 1. The third-order valence-electron chi connectivity index (χ3n) is 4.85. The second kappa shape index (κ2) is 8.16. The van der Waals surface area contributed by atoms with Crippen LogP contribution in [0.15, 0.2) is 54.1 Å². The lowest BCUT2D eigenvalue weighted by Crippen LogP contribution is -2.31. The Morgan fingerprint density at radius 2 is 1.67 bits per heavy atom. The number of aliphatic carboxylic acids is 1. The molecule has 1 unspecified atom stereocenters. The van der Waals surface area contributed by atoms with Crippen LogP contribution in [0.25, 0.3) is 5.76 Å². The van der Waals surface area contributed by atoms with E-state index in [1.165, 1.54) is 24.3 Å². The van der Waals surface area contributed by atoms with Gasteiger partial charge in [-0.25, -0.2) is 0 Å². The standard InChI is InChI=1S/C21H18N2O7/c1-12-2-4-14(5-3-12)19(26)17-18(13-6-8-15(9-7-13)23(29)30)22(11-10-16(24)25)21(28)20(17)27/h2-9,18,26H,10-11H2,1H3,(H,24,25)/b19-17-. The summed E-state index contributed by atoms with van der Waals surface area (Å²) in [5, 5.41) is 30.8. The maximum absolute atomic E-state index is 12.7. The first-order chi connectivity index (χ1) is 14.2. The Labute approximate surface area is 171 Å². The monoisotopic (exact) mass is 410 g/mol. The highest BCUT2D eigenvalue weighted by Crippen LogP contribution is 2.39. The smallest absolute Gasteiger partial charge is 0.305 e. The topological polar surface area (TPSA) is 138 Å². The Balaban J connectivity index is 2.14. The summed E-state index contributed by atoms with van der Waals surface area (Å²) >= 11 is 0. The van der Waals surface area contributed by atoms with Gasteiger partial charge < -0.3 is 15.1 Å². The van der Waals surface area contributed by atoms with Gasteiger partial charge in [-0.05, 0) is 24.6 Å². The predicted molar refractivity (Wildman–Crippen MR) is 106 cm³/mol. The Hall–Kier alpha value is -4.01. The molecule has 1 saturated heterocycles. The van der Waals surface area contributed by atoms with Crippen LogP contribution in [0.1, 0.15) is 29.2 Å². The number of aliphatic hydroxyl groups excluding tert-OH is 1. The summed E-state index contributed by atoms with van der Waals surface area (Å²) in [7, 11) is 0. The van der Waals surface area contributed by atoms with E-state index >= 15 is 0 Å². The quantitative estimate of drug-likeness (QED) is 0.245. The number of rotatable bonds is 6. The van der Waals surface area contributed by atoms with E-state index in [1.807, 2.05) is 6.92 Å². The average Bonchev–Trinajstić information content (AvgIpc) is 2.97. The molecule has 0 aliphatic carbocycles. The second-order valence-corrected chi connectivity index (χ2v) is 6.85. The maximum Gasteiger partial charge on any atom is 0.305 e. The van der Waals surface area contributed by atoms with Crippen LogP contribution < -0.4 is 0 Å². The van der Waals surface area contributed by atoms with E-state index in [1.54, 1.807) is 24.3 Å². The van der Waals surface area contributed by atoms with Crippen molar-refractivity contribution in [1.29, 1.82) is 0 Å². The minimum absolute atomic E-state index is 0.181. The average molecular weight is 410 g/mol. The number of hydrogen-bond acceptors (Lipinski definition) is 6. The van der Waals surface area contributed by atoms with Crippen molar-refractivity contribution in [2.24, 2.45) is 0 Å². The molecule has 0 spiro atoms. The van der Waals surface area contributed by atoms with Gasteiger partial charge in [-0.2, -0.15) is 0 Å². The molecule has 0 aromatic heterocycles. The largest absolute Gasteiger partial charge is 0.507 e. The number of benzene rings is 2. The lowest BCUT2D eigenvalue weighted by atomic mass is 9.95. The van der Waals surface area contributed by atoms with Crippen LogP contribution in [0, 0.1) is 17.0 Å². The van der Waals surface area contributed by atoms with Crippen molar-refractivity contribution in [3.8, 4) is 0 Å². The first kappa shape index (κ1) is 20.7. The number of aryl methyl sites for hydroxylation is 1. The Morgan fingerprint density at radius 1 is 1.07 bits per heavy atom. The number of nitro groups is 1. The normalized spacial score (nSPS) is 17.9. The number of Topliss-reactive ketones (excluding diaryl/α,β-unsaturated/α-hetero) is 1. The molecular formula is C21H18N2O7. The fourth-order valence-electron chi connectivity index (χ4n) is 3.32. The van der Waals surface area contributed by atoms with Crippen molar-refractivity contribution in [3.05, 3.63) is 80.9 Å². The van der Waals surface area contributed by atoms with E-state index in [0.717, 1.165) is 10.5 Å². The van der Waals surface area contributed by atoms with E-state index in [2.05, 4.69) is 0 Å². The Kier molecular flexibility index (Phi) is 5.63. The molecule has 2 aromatic carbocycles. The molecule has 154 valence electrons. The van der Waals surface area contributed by atoms with Gasteiger partial charge in [0.25, 0.3) is 17.4 Å². The van der Waals surface area contributed by atoms with Gasteiger partial charge in [-0.15, -0.1) is 0 Å². The summed E-state index contributed by atoms with van der Waals surface area (Å²) < 4.78 is 0. The molecule has 1 aliphatic rings. The highest BCUT2D eigenvalue weighted by molar-refractivity contribution is 6.46. The summed E-state index contributed by atoms with van der Waals surface area (Å²) in [5.41, 5.74) is 1.23. The summed E-state index contributed by atoms with van der Waals surface area (Å²) in [6.07, 6.45) is -0.402. The molecule has 9 heteroatoms. The Morgan fingerprint density at radius 3 is 2.20 bits per heavy atom. The van der Waals surface area contributed by atoms with E-state index in [9.17, 15) is 29.6 Å². The van der Waals surface area contributed by atoms with Crippen LogP contribution in [-0.4, -0.2) is 44.2 Å². The van der Waals surface area contributed by atoms with Gasteiger partial charge in [-0.1, -0.05) is 29.8 Å². The zero-order chi connectivity index (χ0) is 22.0. The predicted octanol–water partition coefficient (Wildman–Crippen LogP) is 2.80. The third kappa shape index (κ3) is 3.90. The molecule has 1 heterocycles. The van der Waals surface area contributed by atoms with E-state index in [0.29, 0.717) is 11.1 Å². The zero-order valence-corrected chi connectivity index (χ0v) is 15.9. The van der Waals surface area contributed by atoms with Gasteiger partial charge in [-0.3, -0.25) is 24.5 Å². The van der Waals surface area contributed by atoms with Crippen LogP contribution in [0.4, 0.5) is 5.69 Å². The molecule has 0 bridgehead atoms. The van der Waals surface area contributed by atoms with Crippen molar-refractivity contribution in [2.75, 3.05) is 6.54 Å². The van der Waals surface area contributed by atoms with E-state index < -0.39 is 40.8 Å². The molecule has 2 aromatic rings. The lowest BCUT2D eigenvalue weighted by Gasteiger charge is -2.24. The summed E-state index contributed by atoms with van der Waals surface area (Å²) in [6.45, 7) is 1.60. The molecule has 1 amide bonds. The maximum atomic E-state index is 12.7. The van der Waals surface area contributed by atoms with Gasteiger partial charge in [0.05, 0.1) is 23.0 Å². The second-order valence-electron chi connectivity index (χ2n) is 6.85. The van der Waals surface area contributed by atoms with Gasteiger partial charge in [0.1, 0.15) is 5.76 Å². The molecule has 0 radical (unpaired) electrons. The fraction of sp³-hybridized carbons (Fsp3) is 0.190. The molecule has 9 nitrogen and oxygen atoms in total.